The smallest absolute Gasteiger partial charge is 0.456 e. The summed E-state index contributed by atoms with van der Waals surface area (Å²) in [6.07, 6.45) is -2.84. The van der Waals surface area contributed by atoms with Crippen LogP contribution in [-0.4, -0.2) is 83.8 Å². The van der Waals surface area contributed by atoms with E-state index in [1.807, 2.05) is 19.1 Å². The van der Waals surface area contributed by atoms with Crippen LogP contribution >= 0.6 is 45.1 Å². The number of rotatable bonds is 18. The van der Waals surface area contributed by atoms with Gasteiger partial charge < -0.3 is 55.6 Å². The monoisotopic (exact) mass is 946 g/mol. The Hall–Kier alpha value is -3.85. The van der Waals surface area contributed by atoms with Crippen LogP contribution in [0.5, 0.6) is 0 Å². The third-order valence-electron chi connectivity index (χ3n) is 8.47. The van der Waals surface area contributed by atoms with Crippen molar-refractivity contribution in [3.63, 3.8) is 0 Å². The molecule has 11 N–H and O–H groups in total. The maximum absolute atomic E-state index is 13.5. The number of carbonyl (C=O) groups is 2. The zero-order valence-electron chi connectivity index (χ0n) is 32.1. The first-order valence-electron chi connectivity index (χ1n) is 17.8. The van der Waals surface area contributed by atoms with E-state index in [9.17, 15) is 37.9 Å². The number of carbonyl (C=O) groups excluding carboxylic acids is 2. The maximum Gasteiger partial charge on any atom is 0.490 e. The molecule has 22 nitrogen and oxygen atoms in total. The lowest BCUT2D eigenvalue weighted by molar-refractivity contribution is -0.0489. The first-order chi connectivity index (χ1) is 28.7. The van der Waals surface area contributed by atoms with Crippen LogP contribution in [0.4, 0.5) is 5.95 Å². The maximum atomic E-state index is 13.5. The average Bonchev–Trinajstić information content (AvgIpc) is 3.74. The fourth-order valence-electron chi connectivity index (χ4n) is 5.98. The van der Waals surface area contributed by atoms with E-state index in [0.717, 1.165) is 11.3 Å². The highest BCUT2D eigenvalue weighted by molar-refractivity contribution is 8.76. The molecule has 1 aliphatic heterocycles. The summed E-state index contributed by atoms with van der Waals surface area (Å²) in [5, 5.41) is -0.114. The number of nitrogens with zero attached hydrogens (tertiary/aromatic N) is 2. The van der Waals surface area contributed by atoms with E-state index in [0.29, 0.717) is 17.7 Å². The summed E-state index contributed by atoms with van der Waals surface area (Å²) in [5.41, 5.74) is 18.5. The van der Waals surface area contributed by atoms with Crippen LogP contribution in [-0.2, 0) is 41.1 Å². The molecule has 0 aliphatic carbocycles. The quantitative estimate of drug-likeness (QED) is 0.0231. The van der Waals surface area contributed by atoms with Gasteiger partial charge in [-0.15, -0.1) is 0 Å². The van der Waals surface area contributed by atoms with Crippen LogP contribution in [0.1, 0.15) is 75.2 Å². The molecular formula is C34H41N6O16P3S2. The zero-order valence-corrected chi connectivity index (χ0v) is 36.4. The lowest BCUT2D eigenvalue weighted by Gasteiger charge is -2.21. The number of ether oxygens (including phenoxy) is 3. The van der Waals surface area contributed by atoms with Gasteiger partial charge in [0.2, 0.25) is 5.95 Å². The molecule has 1 fully saturated rings. The molecule has 7 atom stereocenters. The summed E-state index contributed by atoms with van der Waals surface area (Å²) in [4.78, 5) is 84.0. The second-order valence-electron chi connectivity index (χ2n) is 13.0. The molecule has 0 radical (unpaired) electrons. The molecule has 0 amide bonds. The van der Waals surface area contributed by atoms with Crippen LogP contribution < -0.4 is 22.8 Å². The highest BCUT2D eigenvalue weighted by Gasteiger charge is 2.45. The SMILES string of the molecule is CC(N)c1ccccc1C(=O)O[C@@H]1C[C@H](n2cc(C#CCOC(=O)c3ccccc3C(C)SSCCN)c3c(=O)[nH]c(N)nc32)OC1COP(=O)(O)OP(=O)(O)OP(=O)(O)O. The molecular weight excluding hydrogens is 905 g/mol. The minimum Gasteiger partial charge on any atom is -0.456 e. The van der Waals surface area contributed by atoms with Crippen LogP contribution in [0.3, 0.4) is 0 Å². The molecule has 0 spiro atoms. The highest BCUT2D eigenvalue weighted by atomic mass is 33.1. The Morgan fingerprint density at radius 2 is 1.67 bits per heavy atom. The topological polar surface area (TPSA) is 350 Å². The molecule has 0 bridgehead atoms. The predicted octanol–water partition coefficient (Wildman–Crippen LogP) is 3.79. The van der Waals surface area contributed by atoms with Crippen molar-refractivity contribution < 1.29 is 70.2 Å². The zero-order chi connectivity index (χ0) is 44.7. The second kappa shape index (κ2) is 20.6. The lowest BCUT2D eigenvalue weighted by Crippen LogP contribution is -2.31. The van der Waals surface area contributed by atoms with Crippen molar-refractivity contribution in [3.05, 3.63) is 92.9 Å². The third kappa shape index (κ3) is 13.1. The minimum atomic E-state index is -5.87. The predicted molar refractivity (Wildman–Crippen MR) is 222 cm³/mol. The summed E-state index contributed by atoms with van der Waals surface area (Å²) in [7, 11) is -14.0. The van der Waals surface area contributed by atoms with Crippen molar-refractivity contribution >= 4 is 74.0 Å². The summed E-state index contributed by atoms with van der Waals surface area (Å²) >= 11 is 0. The third-order valence-corrected chi connectivity index (χ3v) is 15.1. The average molecular weight is 947 g/mol. The number of phosphoric acid groups is 3. The molecule has 5 unspecified atom stereocenters. The van der Waals surface area contributed by atoms with E-state index in [1.54, 1.807) is 58.8 Å². The number of aromatic amines is 1. The first-order valence-corrected chi connectivity index (χ1v) is 24.7. The second-order valence-corrected chi connectivity index (χ2v) is 20.2. The van der Waals surface area contributed by atoms with Crippen LogP contribution in [0.15, 0.2) is 59.5 Å². The molecule has 3 heterocycles. The van der Waals surface area contributed by atoms with Crippen molar-refractivity contribution in [2.24, 2.45) is 11.5 Å². The molecule has 0 saturated carbocycles. The molecule has 2 aromatic carbocycles. The van der Waals surface area contributed by atoms with E-state index in [4.69, 9.17) is 45.7 Å². The molecule has 330 valence electrons. The van der Waals surface area contributed by atoms with Crippen LogP contribution in [0.25, 0.3) is 11.0 Å². The number of nitrogen functional groups attached to an aromatic ring is 1. The standard InChI is InChI=1S/C34H41N6O16P3S2/c1-19(36)22-9-3-5-11-24(22)33(43)54-26-16-28(53-27(26)18-52-58(47,48)56-59(49,50)55-57(44,45)46)40-17-21(29-30(40)38-34(37)39-31(29)41)8-7-14-51-32(42)25-12-6-4-10-23(25)20(2)61-60-15-13-35/h3-6,9-12,17,19-20,26-28H,13-16,18,35-36H2,1-2H3,(H,47,48)(H,49,50)(H2,44,45,46)(H3,37,38,39,41)/t19?,20?,26-,27?,28-/m1/s1. The molecule has 27 heteroatoms. The van der Waals surface area contributed by atoms with Crippen molar-refractivity contribution in [1.82, 2.24) is 14.5 Å². The number of hydrogen-bond acceptors (Lipinski definition) is 18. The number of aromatic nitrogens is 3. The van der Waals surface area contributed by atoms with Gasteiger partial charge >= 0.3 is 35.4 Å². The number of fused-ring (bicyclic) bond motifs is 1. The van der Waals surface area contributed by atoms with E-state index < -0.39 is 72.1 Å². The summed E-state index contributed by atoms with van der Waals surface area (Å²) < 4.78 is 66.7. The van der Waals surface area contributed by atoms with Gasteiger partial charge in [-0.2, -0.15) is 13.6 Å². The van der Waals surface area contributed by atoms with Crippen LogP contribution in [0.2, 0.25) is 0 Å². The molecule has 1 aliphatic rings. The Labute approximate surface area is 355 Å². The van der Waals surface area contributed by atoms with Crippen molar-refractivity contribution in [1.29, 1.82) is 0 Å². The first kappa shape index (κ1) is 48.2. The van der Waals surface area contributed by atoms with E-state index in [1.165, 1.54) is 16.8 Å². The van der Waals surface area contributed by atoms with Gasteiger partial charge in [0.25, 0.3) is 5.56 Å². The van der Waals surface area contributed by atoms with Crippen molar-refractivity contribution in [2.75, 3.05) is 31.2 Å². The normalized spacial score (nSPS) is 19.6. The van der Waals surface area contributed by atoms with Gasteiger partial charge in [-0.1, -0.05) is 69.8 Å². The number of phosphoric ester groups is 1. The summed E-state index contributed by atoms with van der Waals surface area (Å²) in [6, 6.07) is 12.7. The highest BCUT2D eigenvalue weighted by Crippen LogP contribution is 2.66. The van der Waals surface area contributed by atoms with Crippen LogP contribution in [0, 0.1) is 11.8 Å². The van der Waals surface area contributed by atoms with Gasteiger partial charge in [-0.3, -0.25) is 14.3 Å². The number of nitrogens with two attached hydrogens (primary N) is 3. The fraction of sp³-hybridized carbons (Fsp3) is 0.353. The number of hydrogen-bond donors (Lipinski definition) is 8. The number of nitrogens with one attached hydrogen (secondary N) is 1. The summed E-state index contributed by atoms with van der Waals surface area (Å²) in [6.45, 7) is 2.73. The Morgan fingerprint density at radius 3 is 2.33 bits per heavy atom. The van der Waals surface area contributed by atoms with Gasteiger partial charge in [-0.25, -0.2) is 23.3 Å². The van der Waals surface area contributed by atoms with Gasteiger partial charge in [-0.05, 0) is 37.1 Å². The number of esters is 2. The number of benzene rings is 2. The molecule has 2 aromatic heterocycles. The number of anilines is 1. The van der Waals surface area contributed by atoms with Gasteiger partial charge in [0.05, 0.1) is 28.7 Å². The van der Waals surface area contributed by atoms with E-state index in [-0.39, 0.29) is 46.4 Å². The Balaban J connectivity index is 1.41. The molecule has 5 rings (SSSR count). The van der Waals surface area contributed by atoms with Gasteiger partial charge in [0.1, 0.15) is 18.4 Å². The molecule has 4 aromatic rings. The summed E-state index contributed by atoms with van der Waals surface area (Å²) in [5.74, 6) is 4.45. The number of H-pyrrole nitrogens is 1. The Kier molecular flexibility index (Phi) is 16.2. The van der Waals surface area contributed by atoms with E-state index >= 15 is 0 Å². The largest absolute Gasteiger partial charge is 0.490 e. The molecule has 61 heavy (non-hydrogen) atoms. The minimum absolute atomic E-state index is 0.0543. The Bertz CT molecular complexity index is 2520. The fourth-order valence-corrected chi connectivity index (χ4v) is 11.2. The molecule has 1 saturated heterocycles. The van der Waals surface area contributed by atoms with Gasteiger partial charge in [0, 0.05) is 36.2 Å². The van der Waals surface area contributed by atoms with Gasteiger partial charge in [0.15, 0.2) is 12.3 Å². The van der Waals surface area contributed by atoms with Crippen molar-refractivity contribution in [3.8, 4) is 11.8 Å². The Morgan fingerprint density at radius 1 is 1.02 bits per heavy atom. The van der Waals surface area contributed by atoms with Crippen molar-refractivity contribution in [2.45, 2.75) is 50.0 Å². The lowest BCUT2D eigenvalue weighted by atomic mass is 10.0. The van der Waals surface area contributed by atoms with E-state index in [2.05, 4.69) is 30.4 Å².